The van der Waals surface area contributed by atoms with Crippen LogP contribution in [0.1, 0.15) is 59.7 Å². The van der Waals surface area contributed by atoms with E-state index < -0.39 is 0 Å². The van der Waals surface area contributed by atoms with Gasteiger partial charge in [-0.05, 0) is 47.5 Å². The van der Waals surface area contributed by atoms with E-state index in [2.05, 4.69) is 6.92 Å². The first-order valence-corrected chi connectivity index (χ1v) is 10.3. The Kier molecular flexibility index (Phi) is 7.01. The molecule has 0 radical (unpaired) electrons. The maximum Gasteiger partial charge on any atom is 0.261 e. The summed E-state index contributed by atoms with van der Waals surface area (Å²) in [6, 6.07) is 20.1. The van der Waals surface area contributed by atoms with Gasteiger partial charge in [0.05, 0.1) is 0 Å². The zero-order valence-electron chi connectivity index (χ0n) is 16.9. The molecule has 0 aliphatic rings. The molecule has 0 fully saturated rings. The van der Waals surface area contributed by atoms with Crippen LogP contribution in [0.5, 0.6) is 0 Å². The van der Waals surface area contributed by atoms with Crippen molar-refractivity contribution in [2.75, 3.05) is 12.3 Å². The van der Waals surface area contributed by atoms with Gasteiger partial charge in [-0.3, -0.25) is 14.5 Å². The van der Waals surface area contributed by atoms with E-state index in [1.807, 2.05) is 36.4 Å². The molecule has 4 heteroatoms. The van der Waals surface area contributed by atoms with Gasteiger partial charge in [-0.1, -0.05) is 69.0 Å². The highest BCUT2D eigenvalue weighted by Crippen LogP contribution is 2.22. The van der Waals surface area contributed by atoms with Gasteiger partial charge in [0, 0.05) is 23.4 Å². The van der Waals surface area contributed by atoms with E-state index in [-0.39, 0.29) is 11.8 Å². The van der Waals surface area contributed by atoms with Crippen molar-refractivity contribution in [1.82, 2.24) is 4.90 Å². The Morgan fingerprint density at radius 1 is 0.793 bits per heavy atom. The average Bonchev–Trinajstić information content (AvgIpc) is 2.75. The highest BCUT2D eigenvalue weighted by atomic mass is 16.2. The Morgan fingerprint density at radius 2 is 1.48 bits per heavy atom. The number of nitrogens with two attached hydrogens (primary N) is 1. The largest absolute Gasteiger partial charge is 0.399 e. The van der Waals surface area contributed by atoms with E-state index in [1.165, 1.54) is 11.3 Å². The highest BCUT2D eigenvalue weighted by molar-refractivity contribution is 6.15. The van der Waals surface area contributed by atoms with Crippen molar-refractivity contribution >= 4 is 28.3 Å². The monoisotopic (exact) mass is 388 g/mol. The van der Waals surface area contributed by atoms with Crippen LogP contribution >= 0.6 is 0 Å². The second-order valence-corrected chi connectivity index (χ2v) is 7.32. The maximum absolute atomic E-state index is 13.4. The molecular weight excluding hydrogens is 360 g/mol. The van der Waals surface area contributed by atoms with Crippen LogP contribution in [0.3, 0.4) is 0 Å². The fourth-order valence-electron chi connectivity index (χ4n) is 3.51. The number of benzene rings is 3. The normalized spacial score (nSPS) is 10.8. The molecule has 4 nitrogen and oxygen atoms in total. The third-order valence-electron chi connectivity index (χ3n) is 5.15. The summed E-state index contributed by atoms with van der Waals surface area (Å²) < 4.78 is 0. The number of nitrogen functional groups attached to an aromatic ring is 1. The lowest BCUT2D eigenvalue weighted by Crippen LogP contribution is -2.38. The summed E-state index contributed by atoms with van der Waals surface area (Å²) in [6.07, 6.45) is 5.24. The minimum atomic E-state index is -0.279. The summed E-state index contributed by atoms with van der Waals surface area (Å²) in [5.41, 5.74) is 7.37. The molecule has 0 aliphatic heterocycles. The number of hydrogen-bond donors (Lipinski definition) is 1. The van der Waals surface area contributed by atoms with Crippen molar-refractivity contribution in [3.05, 3.63) is 77.9 Å². The predicted octanol–water partition coefficient (Wildman–Crippen LogP) is 5.68. The summed E-state index contributed by atoms with van der Waals surface area (Å²) in [4.78, 5) is 28.0. The average molecular weight is 389 g/mol. The number of carbonyl (C=O) groups is 2. The first-order chi connectivity index (χ1) is 14.1. The van der Waals surface area contributed by atoms with Gasteiger partial charge in [-0.25, -0.2) is 0 Å². The van der Waals surface area contributed by atoms with Crippen molar-refractivity contribution in [2.45, 2.75) is 39.0 Å². The molecule has 150 valence electrons. The number of rotatable bonds is 8. The molecule has 2 N–H and O–H groups in total. The van der Waals surface area contributed by atoms with Crippen molar-refractivity contribution in [2.24, 2.45) is 0 Å². The fourth-order valence-corrected chi connectivity index (χ4v) is 3.51. The number of anilines is 1. The molecule has 29 heavy (non-hydrogen) atoms. The summed E-state index contributed by atoms with van der Waals surface area (Å²) >= 11 is 0. The van der Waals surface area contributed by atoms with Gasteiger partial charge >= 0.3 is 0 Å². The Bertz CT molecular complexity index is 974. The predicted molar refractivity (Wildman–Crippen MR) is 119 cm³/mol. The molecule has 0 aromatic heterocycles. The third-order valence-corrected chi connectivity index (χ3v) is 5.15. The number of nitrogens with zero attached hydrogens (tertiary/aromatic N) is 1. The minimum Gasteiger partial charge on any atom is -0.399 e. The zero-order valence-corrected chi connectivity index (χ0v) is 16.9. The van der Waals surface area contributed by atoms with E-state index in [0.717, 1.165) is 36.5 Å². The Morgan fingerprint density at radius 3 is 2.24 bits per heavy atom. The lowest BCUT2D eigenvalue weighted by atomic mass is 10.0. The standard InChI is InChI=1S/C25H28N2O2/c1-2-3-4-5-8-18-27(24(28)20-14-16-21(26)17-15-20)25(29)23-13-9-11-19-10-6-7-12-22(19)23/h6-7,9-17H,2-5,8,18,26H2,1H3. The molecule has 0 saturated heterocycles. The minimum absolute atomic E-state index is 0.251. The Hall–Kier alpha value is -3.14. The molecule has 3 aromatic carbocycles. The molecule has 0 bridgehead atoms. The molecule has 3 aromatic rings. The second-order valence-electron chi connectivity index (χ2n) is 7.32. The molecule has 0 spiro atoms. The van der Waals surface area contributed by atoms with Gasteiger partial charge in [0.2, 0.25) is 0 Å². The fraction of sp³-hybridized carbons (Fsp3) is 0.280. The smallest absolute Gasteiger partial charge is 0.261 e. The van der Waals surface area contributed by atoms with Gasteiger partial charge in [-0.15, -0.1) is 0 Å². The van der Waals surface area contributed by atoms with Crippen molar-refractivity contribution in [1.29, 1.82) is 0 Å². The van der Waals surface area contributed by atoms with Crippen LogP contribution in [-0.4, -0.2) is 23.3 Å². The first kappa shape index (κ1) is 20.6. The zero-order chi connectivity index (χ0) is 20.6. The van der Waals surface area contributed by atoms with Gasteiger partial charge in [0.15, 0.2) is 0 Å². The SMILES string of the molecule is CCCCCCCN(C(=O)c1ccc(N)cc1)C(=O)c1cccc2ccccc12. The first-order valence-electron chi connectivity index (χ1n) is 10.3. The van der Waals surface area contributed by atoms with Crippen LogP contribution in [0.15, 0.2) is 66.7 Å². The van der Waals surface area contributed by atoms with Crippen LogP contribution in [-0.2, 0) is 0 Å². The van der Waals surface area contributed by atoms with Gasteiger partial charge in [-0.2, -0.15) is 0 Å². The van der Waals surface area contributed by atoms with Crippen molar-refractivity contribution < 1.29 is 9.59 Å². The Labute approximate surface area is 172 Å². The molecule has 0 aliphatic carbocycles. The van der Waals surface area contributed by atoms with Crippen LogP contribution in [0.2, 0.25) is 0 Å². The van der Waals surface area contributed by atoms with Crippen LogP contribution in [0.25, 0.3) is 10.8 Å². The Balaban J connectivity index is 1.89. The summed E-state index contributed by atoms with van der Waals surface area (Å²) in [5, 5.41) is 1.85. The van der Waals surface area contributed by atoms with Crippen molar-refractivity contribution in [3.63, 3.8) is 0 Å². The summed E-state index contributed by atoms with van der Waals surface area (Å²) in [7, 11) is 0. The molecule has 3 rings (SSSR count). The number of carbonyl (C=O) groups excluding carboxylic acids is 2. The van der Waals surface area contributed by atoms with E-state index in [0.29, 0.717) is 23.4 Å². The number of hydrogen-bond acceptors (Lipinski definition) is 3. The molecule has 0 unspecified atom stereocenters. The van der Waals surface area contributed by atoms with E-state index in [4.69, 9.17) is 5.73 Å². The maximum atomic E-state index is 13.4. The highest BCUT2D eigenvalue weighted by Gasteiger charge is 2.25. The summed E-state index contributed by atoms with van der Waals surface area (Å²) in [6.45, 7) is 2.58. The lowest BCUT2D eigenvalue weighted by Gasteiger charge is -2.22. The quantitative estimate of drug-likeness (QED) is 0.307. The number of unbranched alkanes of at least 4 members (excludes halogenated alkanes) is 4. The topological polar surface area (TPSA) is 63.4 Å². The third kappa shape index (κ3) is 5.02. The second kappa shape index (κ2) is 9.87. The number of amides is 2. The number of imide groups is 1. The van der Waals surface area contributed by atoms with E-state index in [1.54, 1.807) is 30.3 Å². The molecule has 0 saturated carbocycles. The molecule has 0 heterocycles. The van der Waals surface area contributed by atoms with Crippen LogP contribution < -0.4 is 5.73 Å². The van der Waals surface area contributed by atoms with Gasteiger partial charge in [0.1, 0.15) is 0 Å². The van der Waals surface area contributed by atoms with E-state index in [9.17, 15) is 9.59 Å². The van der Waals surface area contributed by atoms with E-state index >= 15 is 0 Å². The molecule has 0 atom stereocenters. The molecular formula is C25H28N2O2. The number of fused-ring (bicyclic) bond motifs is 1. The van der Waals surface area contributed by atoms with Gasteiger partial charge < -0.3 is 5.73 Å². The van der Waals surface area contributed by atoms with Gasteiger partial charge in [0.25, 0.3) is 11.8 Å². The lowest BCUT2D eigenvalue weighted by molar-refractivity contribution is 0.0614. The van der Waals surface area contributed by atoms with Crippen LogP contribution in [0, 0.1) is 0 Å². The van der Waals surface area contributed by atoms with Crippen LogP contribution in [0.4, 0.5) is 5.69 Å². The molecule has 2 amide bonds. The van der Waals surface area contributed by atoms with Crippen molar-refractivity contribution in [3.8, 4) is 0 Å². The summed E-state index contributed by atoms with van der Waals surface area (Å²) in [5.74, 6) is -0.530.